The van der Waals surface area contributed by atoms with E-state index in [9.17, 15) is 9.59 Å². The molecule has 0 spiro atoms. The Labute approximate surface area is 167 Å². The van der Waals surface area contributed by atoms with Crippen LogP contribution in [0.2, 0.25) is 0 Å². The molecule has 1 N–H and O–H groups in total. The Balaban J connectivity index is 1.64. The van der Waals surface area contributed by atoms with E-state index in [1.54, 1.807) is 31.4 Å². The van der Waals surface area contributed by atoms with Crippen LogP contribution in [0.5, 0.6) is 5.75 Å². The number of aryl methyl sites for hydroxylation is 2. The zero-order valence-electron chi connectivity index (χ0n) is 16.5. The van der Waals surface area contributed by atoms with Gasteiger partial charge in [-0.2, -0.15) is 0 Å². The maximum absolute atomic E-state index is 12.8. The Morgan fingerprint density at radius 2 is 1.72 bits per heavy atom. The first-order valence-electron chi connectivity index (χ1n) is 9.36. The summed E-state index contributed by atoms with van der Waals surface area (Å²) in [6.07, 6.45) is 0.238. The van der Waals surface area contributed by atoms with Gasteiger partial charge in [0.25, 0.3) is 0 Å². The molecule has 0 atom stereocenters. The summed E-state index contributed by atoms with van der Waals surface area (Å²) in [6.45, 7) is 3.92. The quantitative estimate of drug-likeness (QED) is 0.513. The van der Waals surface area contributed by atoms with Gasteiger partial charge < -0.3 is 14.5 Å². The fourth-order valence-corrected chi connectivity index (χ4v) is 3.36. The van der Waals surface area contributed by atoms with Crippen LogP contribution in [0.15, 0.2) is 63.8 Å². The minimum absolute atomic E-state index is 0.0690. The Hall–Kier alpha value is -3.60. The summed E-state index contributed by atoms with van der Waals surface area (Å²) in [4.78, 5) is 25.2. The van der Waals surface area contributed by atoms with E-state index in [0.717, 1.165) is 22.4 Å². The molecule has 0 fully saturated rings. The van der Waals surface area contributed by atoms with E-state index in [0.29, 0.717) is 27.6 Å². The SMILES string of the molecule is COc1ccc(CC(=O)Nc2ccc3c(=O)c4ccc(C)c(C)c4oc3c2)cc1. The number of benzene rings is 3. The zero-order valence-corrected chi connectivity index (χ0v) is 16.5. The highest BCUT2D eigenvalue weighted by atomic mass is 16.5. The summed E-state index contributed by atoms with van der Waals surface area (Å²) >= 11 is 0. The number of hydrogen-bond donors (Lipinski definition) is 1. The molecule has 1 aromatic heterocycles. The van der Waals surface area contributed by atoms with E-state index in [4.69, 9.17) is 9.15 Å². The third kappa shape index (κ3) is 3.59. The van der Waals surface area contributed by atoms with E-state index in [-0.39, 0.29) is 17.8 Å². The first-order chi connectivity index (χ1) is 14.0. The second-order valence-electron chi connectivity index (χ2n) is 7.10. The Kier molecular flexibility index (Phi) is 4.80. The molecule has 0 aliphatic rings. The minimum Gasteiger partial charge on any atom is -0.497 e. The van der Waals surface area contributed by atoms with Gasteiger partial charge in [-0.1, -0.05) is 18.2 Å². The van der Waals surface area contributed by atoms with Crippen molar-refractivity contribution in [3.05, 3.63) is 81.5 Å². The lowest BCUT2D eigenvalue weighted by atomic mass is 10.0. The van der Waals surface area contributed by atoms with Crippen LogP contribution in [0.25, 0.3) is 21.9 Å². The van der Waals surface area contributed by atoms with Crippen molar-refractivity contribution in [2.45, 2.75) is 20.3 Å². The summed E-state index contributed by atoms with van der Waals surface area (Å²) < 4.78 is 11.2. The average Bonchev–Trinajstić information content (AvgIpc) is 2.71. The molecule has 5 nitrogen and oxygen atoms in total. The van der Waals surface area contributed by atoms with Crippen molar-refractivity contribution in [2.75, 3.05) is 12.4 Å². The van der Waals surface area contributed by atoms with Gasteiger partial charge in [-0.05, 0) is 60.9 Å². The van der Waals surface area contributed by atoms with Crippen molar-refractivity contribution in [3.8, 4) is 5.75 Å². The van der Waals surface area contributed by atoms with Gasteiger partial charge in [0.1, 0.15) is 16.9 Å². The third-order valence-electron chi connectivity index (χ3n) is 5.17. The fourth-order valence-electron chi connectivity index (χ4n) is 3.36. The Bertz CT molecular complexity index is 1290. The van der Waals surface area contributed by atoms with Crippen LogP contribution in [0, 0.1) is 13.8 Å². The van der Waals surface area contributed by atoms with Crippen molar-refractivity contribution >= 4 is 33.5 Å². The number of ether oxygens (including phenoxy) is 1. The smallest absolute Gasteiger partial charge is 0.228 e. The topological polar surface area (TPSA) is 68.5 Å². The van der Waals surface area contributed by atoms with E-state index in [2.05, 4.69) is 5.32 Å². The molecule has 4 aromatic rings. The van der Waals surface area contributed by atoms with Gasteiger partial charge in [-0.25, -0.2) is 0 Å². The first kappa shape index (κ1) is 18.7. The number of fused-ring (bicyclic) bond motifs is 2. The molecule has 3 aromatic carbocycles. The fraction of sp³-hybridized carbons (Fsp3) is 0.167. The van der Waals surface area contributed by atoms with Gasteiger partial charge >= 0.3 is 0 Å². The van der Waals surface area contributed by atoms with Gasteiger partial charge in [-0.3, -0.25) is 9.59 Å². The van der Waals surface area contributed by atoms with Gasteiger partial charge in [0.05, 0.1) is 24.3 Å². The van der Waals surface area contributed by atoms with Crippen LogP contribution in [0.4, 0.5) is 5.69 Å². The number of rotatable bonds is 4. The normalized spacial score (nSPS) is 11.0. The van der Waals surface area contributed by atoms with E-state index in [1.165, 1.54) is 0 Å². The molecule has 29 heavy (non-hydrogen) atoms. The maximum Gasteiger partial charge on any atom is 0.228 e. The second kappa shape index (κ2) is 7.43. The van der Waals surface area contributed by atoms with Crippen LogP contribution in [-0.4, -0.2) is 13.0 Å². The Morgan fingerprint density at radius 1 is 1.00 bits per heavy atom. The molecule has 1 amide bonds. The minimum atomic E-state index is -0.148. The number of carbonyl (C=O) groups is 1. The highest BCUT2D eigenvalue weighted by Gasteiger charge is 2.12. The lowest BCUT2D eigenvalue weighted by Gasteiger charge is -2.09. The van der Waals surface area contributed by atoms with Crippen LogP contribution >= 0.6 is 0 Å². The zero-order chi connectivity index (χ0) is 20.5. The molecular formula is C24H21NO4. The van der Waals surface area contributed by atoms with E-state index >= 15 is 0 Å². The number of amides is 1. The predicted molar refractivity (Wildman–Crippen MR) is 115 cm³/mol. The molecule has 0 unspecified atom stereocenters. The summed E-state index contributed by atoms with van der Waals surface area (Å²) in [7, 11) is 1.60. The van der Waals surface area contributed by atoms with Crippen molar-refractivity contribution in [3.63, 3.8) is 0 Å². The number of carbonyl (C=O) groups excluding carboxylic acids is 1. The molecule has 0 bridgehead atoms. The standard InChI is InChI=1S/C24H21NO4/c1-14-4-10-20-23(27)19-11-7-17(13-21(19)29-24(20)15(14)2)25-22(26)12-16-5-8-18(28-3)9-6-16/h4-11,13H,12H2,1-3H3,(H,25,26). The molecule has 0 saturated heterocycles. The number of nitrogens with one attached hydrogen (secondary N) is 1. The van der Waals surface area contributed by atoms with Crippen LogP contribution in [0.1, 0.15) is 16.7 Å². The van der Waals surface area contributed by atoms with Crippen molar-refractivity contribution < 1.29 is 13.9 Å². The lowest BCUT2D eigenvalue weighted by Crippen LogP contribution is -2.14. The summed E-state index contributed by atoms with van der Waals surface area (Å²) in [5, 5.41) is 3.93. The van der Waals surface area contributed by atoms with Crippen LogP contribution in [-0.2, 0) is 11.2 Å². The largest absolute Gasteiger partial charge is 0.497 e. The second-order valence-corrected chi connectivity index (χ2v) is 7.10. The predicted octanol–water partition coefficient (Wildman–Crippen LogP) is 4.75. The summed E-state index contributed by atoms with van der Waals surface area (Å²) in [5.74, 6) is 0.598. The number of anilines is 1. The van der Waals surface area contributed by atoms with Crippen molar-refractivity contribution in [2.24, 2.45) is 0 Å². The number of hydrogen-bond acceptors (Lipinski definition) is 4. The highest BCUT2D eigenvalue weighted by molar-refractivity contribution is 5.96. The van der Waals surface area contributed by atoms with Crippen molar-refractivity contribution in [1.29, 1.82) is 0 Å². The lowest BCUT2D eigenvalue weighted by molar-refractivity contribution is -0.115. The molecule has 146 valence electrons. The maximum atomic E-state index is 12.8. The van der Waals surface area contributed by atoms with Crippen LogP contribution in [0.3, 0.4) is 0 Å². The summed E-state index contributed by atoms with van der Waals surface area (Å²) in [6, 6.07) is 16.2. The third-order valence-corrected chi connectivity index (χ3v) is 5.17. The van der Waals surface area contributed by atoms with E-state index < -0.39 is 0 Å². The highest BCUT2D eigenvalue weighted by Crippen LogP contribution is 2.25. The average molecular weight is 387 g/mol. The van der Waals surface area contributed by atoms with Gasteiger partial charge in [0, 0.05) is 11.8 Å². The molecule has 5 heteroatoms. The monoisotopic (exact) mass is 387 g/mol. The molecule has 1 heterocycles. The molecule has 4 rings (SSSR count). The van der Waals surface area contributed by atoms with Crippen LogP contribution < -0.4 is 15.5 Å². The molecule has 0 aliphatic heterocycles. The van der Waals surface area contributed by atoms with Crippen molar-refractivity contribution in [1.82, 2.24) is 0 Å². The van der Waals surface area contributed by atoms with Gasteiger partial charge in [0.15, 0.2) is 0 Å². The van der Waals surface area contributed by atoms with Gasteiger partial charge in [-0.15, -0.1) is 0 Å². The van der Waals surface area contributed by atoms with Gasteiger partial charge in [0.2, 0.25) is 11.3 Å². The first-order valence-corrected chi connectivity index (χ1v) is 9.36. The molecule has 0 radical (unpaired) electrons. The Morgan fingerprint density at radius 3 is 2.45 bits per heavy atom. The van der Waals surface area contributed by atoms with E-state index in [1.807, 2.05) is 44.2 Å². The number of methoxy groups -OCH3 is 1. The summed E-state index contributed by atoms with van der Waals surface area (Å²) in [5.41, 5.74) is 4.44. The molecule has 0 aliphatic carbocycles. The molecular weight excluding hydrogens is 366 g/mol. The molecule has 0 saturated carbocycles.